The van der Waals surface area contributed by atoms with Gasteiger partial charge in [-0.25, -0.2) is 0 Å². The Labute approximate surface area is 232 Å². The van der Waals surface area contributed by atoms with Gasteiger partial charge in [-0.05, 0) is 139 Å². The first-order valence-electron chi connectivity index (χ1n) is 15.6. The molecule has 6 rings (SSSR count). The molecule has 1 aromatic heterocycles. The normalized spacial score (nSPS) is 48.6. The molecule has 0 unspecified atom stereocenters. The number of hydrogen-bond acceptors (Lipinski definition) is 2. The first kappa shape index (κ1) is 26.5. The van der Waals surface area contributed by atoms with Gasteiger partial charge in [0.05, 0.1) is 0 Å². The van der Waals surface area contributed by atoms with Crippen LogP contribution in [0.3, 0.4) is 0 Å². The topological polar surface area (TPSA) is 30.0 Å². The van der Waals surface area contributed by atoms with Gasteiger partial charge in [0.1, 0.15) is 0 Å². The molecule has 0 aromatic carbocycles. The number of aromatic nitrogens is 1. The SMILES string of the molecule is C=C(C)[C@@H]1CC[C@]2(C)CC[C@]3(C)[C@H](CC[C@@H]4[C@@]5(C)C/C(=C/c6cccnc6)C(=O)C(C)(C)[C@@H]5CC[C@]43C)[C@@H]12. The number of carbonyl (C=O) groups excluding carboxylic acids is 1. The van der Waals surface area contributed by atoms with Gasteiger partial charge in [0.2, 0.25) is 0 Å². The van der Waals surface area contributed by atoms with Gasteiger partial charge in [0.25, 0.3) is 0 Å². The van der Waals surface area contributed by atoms with Crippen LogP contribution in [0.15, 0.2) is 42.3 Å². The Hall–Kier alpha value is -1.70. The van der Waals surface area contributed by atoms with Crippen molar-refractivity contribution in [2.45, 2.75) is 106 Å². The summed E-state index contributed by atoms with van der Waals surface area (Å²) in [5.41, 5.74) is 4.54. The molecule has 0 spiro atoms. The fraction of sp³-hybridized carbons (Fsp3) is 0.722. The van der Waals surface area contributed by atoms with E-state index in [1.807, 2.05) is 18.5 Å². The van der Waals surface area contributed by atoms with Gasteiger partial charge in [0, 0.05) is 17.8 Å². The molecular weight excluding hydrogens is 462 g/mol. The van der Waals surface area contributed by atoms with Crippen molar-refractivity contribution in [2.24, 2.45) is 56.7 Å². The molecule has 206 valence electrons. The van der Waals surface area contributed by atoms with Gasteiger partial charge >= 0.3 is 0 Å². The molecule has 2 nitrogen and oxygen atoms in total. The maximum absolute atomic E-state index is 13.9. The monoisotopic (exact) mass is 513 g/mol. The van der Waals surface area contributed by atoms with Crippen molar-refractivity contribution in [1.82, 2.24) is 4.98 Å². The van der Waals surface area contributed by atoms with E-state index in [9.17, 15) is 4.79 Å². The smallest absolute Gasteiger partial charge is 0.164 e. The highest BCUT2D eigenvalue weighted by Crippen LogP contribution is 2.77. The molecule has 2 heteroatoms. The van der Waals surface area contributed by atoms with E-state index in [4.69, 9.17) is 0 Å². The molecule has 0 N–H and O–H groups in total. The van der Waals surface area contributed by atoms with Gasteiger partial charge in [-0.3, -0.25) is 9.78 Å². The predicted octanol–water partition coefficient (Wildman–Crippen LogP) is 9.32. The Morgan fingerprint density at radius 1 is 0.947 bits per heavy atom. The lowest BCUT2D eigenvalue weighted by atomic mass is 9.32. The third-order valence-corrected chi connectivity index (χ3v) is 14.1. The number of allylic oxidation sites excluding steroid dienone is 2. The van der Waals surface area contributed by atoms with Gasteiger partial charge < -0.3 is 0 Å². The summed E-state index contributed by atoms with van der Waals surface area (Å²) in [4.78, 5) is 18.3. The molecule has 5 saturated carbocycles. The van der Waals surface area contributed by atoms with Crippen LogP contribution in [0, 0.1) is 56.7 Å². The Bertz CT molecular complexity index is 1180. The Balaban J connectivity index is 1.41. The number of pyridine rings is 1. The number of ketones is 1. The van der Waals surface area contributed by atoms with Crippen LogP contribution < -0.4 is 0 Å². The van der Waals surface area contributed by atoms with Crippen molar-refractivity contribution >= 4 is 11.9 Å². The average molecular weight is 514 g/mol. The minimum absolute atomic E-state index is 0.149. The van der Waals surface area contributed by atoms with Gasteiger partial charge in [0.15, 0.2) is 5.78 Å². The lowest BCUT2D eigenvalue weighted by molar-refractivity contribution is -0.228. The molecule has 1 heterocycles. The highest BCUT2D eigenvalue weighted by molar-refractivity contribution is 6.04. The third-order valence-electron chi connectivity index (χ3n) is 14.1. The quantitative estimate of drug-likeness (QED) is 0.291. The van der Waals surface area contributed by atoms with Crippen LogP contribution in [0.25, 0.3) is 6.08 Å². The Morgan fingerprint density at radius 2 is 1.71 bits per heavy atom. The number of nitrogens with zero attached hydrogens (tertiary/aromatic N) is 1. The maximum Gasteiger partial charge on any atom is 0.164 e. The molecule has 0 radical (unpaired) electrons. The second kappa shape index (κ2) is 8.40. The molecule has 5 fully saturated rings. The maximum atomic E-state index is 13.9. The lowest BCUT2D eigenvalue weighted by Crippen LogP contribution is -2.66. The summed E-state index contributed by atoms with van der Waals surface area (Å²) in [6.07, 6.45) is 17.5. The summed E-state index contributed by atoms with van der Waals surface area (Å²) in [6, 6.07) is 4.07. The molecule has 5 aliphatic carbocycles. The molecule has 38 heavy (non-hydrogen) atoms. The Morgan fingerprint density at radius 3 is 2.39 bits per heavy atom. The van der Waals surface area contributed by atoms with Gasteiger partial charge in [-0.2, -0.15) is 0 Å². The summed E-state index contributed by atoms with van der Waals surface area (Å²) in [5, 5.41) is 0. The zero-order chi connectivity index (χ0) is 27.3. The first-order chi connectivity index (χ1) is 17.8. The van der Waals surface area contributed by atoms with Crippen molar-refractivity contribution in [2.75, 3.05) is 0 Å². The highest BCUT2D eigenvalue weighted by atomic mass is 16.1. The van der Waals surface area contributed by atoms with Crippen LogP contribution in [-0.2, 0) is 4.79 Å². The Kier molecular flexibility index (Phi) is 5.86. The van der Waals surface area contributed by atoms with E-state index in [2.05, 4.69) is 72.2 Å². The molecule has 0 saturated heterocycles. The number of Topliss-reactive ketones (excluding diaryl/α,β-unsaturated/α-hetero) is 1. The van der Waals surface area contributed by atoms with Crippen LogP contribution in [0.2, 0.25) is 0 Å². The molecular formula is C36H51NO. The van der Waals surface area contributed by atoms with E-state index < -0.39 is 0 Å². The van der Waals surface area contributed by atoms with Gasteiger partial charge in [-0.1, -0.05) is 59.8 Å². The highest BCUT2D eigenvalue weighted by Gasteiger charge is 2.70. The molecule has 0 aliphatic heterocycles. The summed E-state index contributed by atoms with van der Waals surface area (Å²) in [6.45, 7) is 22.0. The third kappa shape index (κ3) is 3.37. The van der Waals surface area contributed by atoms with Crippen molar-refractivity contribution in [3.8, 4) is 0 Å². The van der Waals surface area contributed by atoms with Crippen molar-refractivity contribution in [3.63, 3.8) is 0 Å². The predicted molar refractivity (Wildman–Crippen MR) is 157 cm³/mol. The van der Waals surface area contributed by atoms with Crippen LogP contribution in [0.4, 0.5) is 0 Å². The van der Waals surface area contributed by atoms with E-state index in [0.29, 0.717) is 39.8 Å². The second-order valence-electron chi connectivity index (χ2n) is 16.0. The fourth-order valence-electron chi connectivity index (χ4n) is 12.1. The molecule has 1 aromatic rings. The molecule has 0 bridgehead atoms. The zero-order valence-corrected chi connectivity index (χ0v) is 25.2. The van der Waals surface area contributed by atoms with Gasteiger partial charge in [-0.15, -0.1) is 0 Å². The summed E-state index contributed by atoms with van der Waals surface area (Å²) in [5.74, 6) is 3.79. The minimum atomic E-state index is -0.318. The largest absolute Gasteiger partial charge is 0.294 e. The number of rotatable bonds is 2. The van der Waals surface area contributed by atoms with E-state index in [-0.39, 0.29) is 10.8 Å². The van der Waals surface area contributed by atoms with E-state index in [0.717, 1.165) is 29.4 Å². The zero-order valence-electron chi connectivity index (χ0n) is 25.2. The molecule has 9 atom stereocenters. The summed E-state index contributed by atoms with van der Waals surface area (Å²) >= 11 is 0. The van der Waals surface area contributed by atoms with Crippen molar-refractivity contribution < 1.29 is 4.79 Å². The van der Waals surface area contributed by atoms with E-state index in [1.54, 1.807) is 0 Å². The van der Waals surface area contributed by atoms with Crippen LogP contribution >= 0.6 is 0 Å². The number of carbonyl (C=O) groups is 1. The van der Waals surface area contributed by atoms with Crippen LogP contribution in [-0.4, -0.2) is 10.8 Å². The summed E-state index contributed by atoms with van der Waals surface area (Å²) in [7, 11) is 0. The second-order valence-corrected chi connectivity index (χ2v) is 16.0. The van der Waals surface area contributed by atoms with Crippen LogP contribution in [0.1, 0.15) is 112 Å². The molecule has 0 amide bonds. The first-order valence-corrected chi connectivity index (χ1v) is 15.6. The van der Waals surface area contributed by atoms with E-state index in [1.165, 1.54) is 56.9 Å². The lowest BCUT2D eigenvalue weighted by Gasteiger charge is -2.72. The van der Waals surface area contributed by atoms with Crippen molar-refractivity contribution in [3.05, 3.63) is 47.8 Å². The van der Waals surface area contributed by atoms with Crippen molar-refractivity contribution in [1.29, 1.82) is 0 Å². The number of hydrogen-bond donors (Lipinski definition) is 0. The summed E-state index contributed by atoms with van der Waals surface area (Å²) < 4.78 is 0. The standard InChI is InChI=1S/C36H51NO/c1-23(2)26-13-15-33(5)17-18-35(7)27(30(26)33)11-12-29-34(6)21-25(20-24-10-9-19-37-22-24)31(38)32(3,4)28(34)14-16-36(29,35)8/h9-10,19-20,22,26-30H,1,11-18,21H2,2-8H3/b25-20-/t26-,27+,28-,29+,30+,33+,34-,35+,36+/m0/s1. The van der Waals surface area contributed by atoms with Crippen LogP contribution in [0.5, 0.6) is 0 Å². The fourth-order valence-corrected chi connectivity index (χ4v) is 12.1. The molecule has 5 aliphatic rings. The minimum Gasteiger partial charge on any atom is -0.294 e. The number of fused-ring (bicyclic) bond motifs is 7. The van der Waals surface area contributed by atoms with E-state index >= 15 is 0 Å². The average Bonchev–Trinajstić information content (AvgIpc) is 3.21.